The maximum Gasteiger partial charge on any atom is 0.252 e. The number of thiazole rings is 1. The van der Waals surface area contributed by atoms with Gasteiger partial charge in [0.1, 0.15) is 6.61 Å². The van der Waals surface area contributed by atoms with Gasteiger partial charge < -0.3 is 9.64 Å². The minimum atomic E-state index is -0.178. The van der Waals surface area contributed by atoms with Crippen molar-refractivity contribution < 1.29 is 9.53 Å². The van der Waals surface area contributed by atoms with E-state index in [4.69, 9.17) is 4.74 Å². The predicted octanol–water partition coefficient (Wildman–Crippen LogP) is 0.790. The highest BCUT2D eigenvalue weighted by Gasteiger charge is 2.06. The Morgan fingerprint density at radius 1 is 1.67 bits per heavy atom. The molecule has 0 spiro atoms. The standard InChI is InChI=1S/C9H15N3O2S/c1-12(2)4-7-6-15-9(10-7)11-8(13)5-14-3/h6H,4-5H2,1-3H3,(H,10,11,13). The third-order valence-electron chi connectivity index (χ3n) is 1.55. The molecule has 0 saturated heterocycles. The van der Waals surface area contributed by atoms with Crippen LogP contribution in [0.25, 0.3) is 0 Å². The number of carbonyl (C=O) groups excluding carboxylic acids is 1. The van der Waals surface area contributed by atoms with Crippen molar-refractivity contribution in [3.63, 3.8) is 0 Å². The predicted molar refractivity (Wildman–Crippen MR) is 60.0 cm³/mol. The molecule has 6 heteroatoms. The maximum atomic E-state index is 11.2. The molecule has 5 nitrogen and oxygen atoms in total. The van der Waals surface area contributed by atoms with E-state index in [-0.39, 0.29) is 12.5 Å². The van der Waals surface area contributed by atoms with Crippen molar-refractivity contribution >= 4 is 22.4 Å². The number of nitrogens with one attached hydrogen (secondary N) is 1. The molecule has 0 saturated carbocycles. The van der Waals surface area contributed by atoms with Gasteiger partial charge in [0, 0.05) is 19.0 Å². The summed E-state index contributed by atoms with van der Waals surface area (Å²) in [5.41, 5.74) is 0.956. The van der Waals surface area contributed by atoms with E-state index in [0.29, 0.717) is 5.13 Å². The zero-order valence-corrected chi connectivity index (χ0v) is 9.93. The van der Waals surface area contributed by atoms with E-state index in [0.717, 1.165) is 12.2 Å². The van der Waals surface area contributed by atoms with E-state index < -0.39 is 0 Å². The van der Waals surface area contributed by atoms with Crippen LogP contribution < -0.4 is 5.32 Å². The Labute approximate surface area is 93.1 Å². The first-order valence-electron chi connectivity index (χ1n) is 4.49. The molecular weight excluding hydrogens is 214 g/mol. The Kier molecular flexibility index (Phi) is 4.67. The molecule has 15 heavy (non-hydrogen) atoms. The third-order valence-corrected chi connectivity index (χ3v) is 2.36. The number of methoxy groups -OCH3 is 1. The highest BCUT2D eigenvalue weighted by molar-refractivity contribution is 7.13. The van der Waals surface area contributed by atoms with Crippen LogP contribution in [0.2, 0.25) is 0 Å². The number of ether oxygens (including phenoxy) is 1. The van der Waals surface area contributed by atoms with Crippen LogP contribution in [0.5, 0.6) is 0 Å². The molecule has 1 N–H and O–H groups in total. The number of hydrogen-bond donors (Lipinski definition) is 1. The van der Waals surface area contributed by atoms with Crippen LogP contribution >= 0.6 is 11.3 Å². The molecule has 84 valence electrons. The van der Waals surface area contributed by atoms with Gasteiger partial charge >= 0.3 is 0 Å². The fourth-order valence-electron chi connectivity index (χ4n) is 1.05. The van der Waals surface area contributed by atoms with Crippen LogP contribution in [0.1, 0.15) is 5.69 Å². The zero-order valence-electron chi connectivity index (χ0n) is 9.11. The summed E-state index contributed by atoms with van der Waals surface area (Å²) in [6, 6.07) is 0. The smallest absolute Gasteiger partial charge is 0.252 e. The highest BCUT2D eigenvalue weighted by Crippen LogP contribution is 2.15. The molecule has 0 bridgehead atoms. The monoisotopic (exact) mass is 229 g/mol. The van der Waals surface area contributed by atoms with Crippen molar-refractivity contribution in [2.24, 2.45) is 0 Å². The number of hydrogen-bond acceptors (Lipinski definition) is 5. The van der Waals surface area contributed by atoms with Gasteiger partial charge in [-0.3, -0.25) is 10.1 Å². The minimum absolute atomic E-state index is 0.0581. The fourth-order valence-corrected chi connectivity index (χ4v) is 1.77. The van der Waals surface area contributed by atoms with Crippen molar-refractivity contribution in [1.82, 2.24) is 9.88 Å². The van der Waals surface area contributed by atoms with Crippen LogP contribution in [-0.4, -0.2) is 43.6 Å². The topological polar surface area (TPSA) is 54.5 Å². The summed E-state index contributed by atoms with van der Waals surface area (Å²) in [5, 5.41) is 5.21. The fraction of sp³-hybridized carbons (Fsp3) is 0.556. The number of aromatic nitrogens is 1. The lowest BCUT2D eigenvalue weighted by Gasteiger charge is -2.05. The van der Waals surface area contributed by atoms with Gasteiger partial charge in [-0.2, -0.15) is 0 Å². The van der Waals surface area contributed by atoms with Gasteiger partial charge in [0.25, 0.3) is 5.91 Å². The Morgan fingerprint density at radius 2 is 2.40 bits per heavy atom. The molecular formula is C9H15N3O2S. The Morgan fingerprint density at radius 3 is 3.00 bits per heavy atom. The molecule has 1 rings (SSSR count). The Bertz CT molecular complexity index is 325. The van der Waals surface area contributed by atoms with E-state index in [1.54, 1.807) is 0 Å². The Hall–Kier alpha value is -0.980. The van der Waals surface area contributed by atoms with Gasteiger partial charge in [-0.1, -0.05) is 0 Å². The lowest BCUT2D eigenvalue weighted by Crippen LogP contribution is -2.17. The van der Waals surface area contributed by atoms with Gasteiger partial charge in [0.05, 0.1) is 5.69 Å². The van der Waals surface area contributed by atoms with Crippen LogP contribution in [-0.2, 0) is 16.1 Å². The first kappa shape index (κ1) is 12.1. The summed E-state index contributed by atoms with van der Waals surface area (Å²) in [7, 11) is 5.43. The molecule has 1 aromatic heterocycles. The normalized spacial score (nSPS) is 10.7. The van der Waals surface area contributed by atoms with Crippen molar-refractivity contribution in [2.45, 2.75) is 6.54 Å². The molecule has 0 aliphatic carbocycles. The summed E-state index contributed by atoms with van der Waals surface area (Å²) in [6.45, 7) is 0.833. The molecule has 1 heterocycles. The third kappa shape index (κ3) is 4.37. The summed E-state index contributed by atoms with van der Waals surface area (Å²) in [4.78, 5) is 17.4. The van der Waals surface area contributed by atoms with Crippen LogP contribution in [0.3, 0.4) is 0 Å². The molecule has 0 aliphatic heterocycles. The van der Waals surface area contributed by atoms with Gasteiger partial charge in [-0.05, 0) is 14.1 Å². The second kappa shape index (κ2) is 5.79. The molecule has 1 amide bonds. The van der Waals surface area contributed by atoms with Gasteiger partial charge in [0.2, 0.25) is 0 Å². The van der Waals surface area contributed by atoms with E-state index in [1.165, 1.54) is 18.4 Å². The van der Waals surface area contributed by atoms with Gasteiger partial charge in [-0.25, -0.2) is 4.98 Å². The second-order valence-electron chi connectivity index (χ2n) is 3.36. The average Bonchev–Trinajstić information content (AvgIpc) is 2.51. The van der Waals surface area contributed by atoms with E-state index in [2.05, 4.69) is 10.3 Å². The van der Waals surface area contributed by atoms with Crippen LogP contribution in [0, 0.1) is 0 Å². The molecule has 0 fully saturated rings. The first-order valence-corrected chi connectivity index (χ1v) is 5.37. The number of amides is 1. The molecule has 0 aromatic carbocycles. The van der Waals surface area contributed by atoms with Gasteiger partial charge in [0.15, 0.2) is 5.13 Å². The van der Waals surface area contributed by atoms with Crippen molar-refractivity contribution in [2.75, 3.05) is 33.1 Å². The lowest BCUT2D eigenvalue weighted by atomic mass is 10.5. The minimum Gasteiger partial charge on any atom is -0.375 e. The molecule has 0 radical (unpaired) electrons. The maximum absolute atomic E-state index is 11.2. The number of nitrogens with zero attached hydrogens (tertiary/aromatic N) is 2. The van der Waals surface area contributed by atoms with Crippen LogP contribution in [0.15, 0.2) is 5.38 Å². The van der Waals surface area contributed by atoms with Crippen molar-refractivity contribution in [3.8, 4) is 0 Å². The number of rotatable bonds is 5. The molecule has 0 unspecified atom stereocenters. The zero-order chi connectivity index (χ0) is 11.3. The summed E-state index contributed by atoms with van der Waals surface area (Å²) < 4.78 is 4.70. The number of anilines is 1. The van der Waals surface area contributed by atoms with Crippen molar-refractivity contribution in [1.29, 1.82) is 0 Å². The summed E-state index contributed by atoms with van der Waals surface area (Å²) in [6.07, 6.45) is 0. The quantitative estimate of drug-likeness (QED) is 0.811. The summed E-state index contributed by atoms with van der Waals surface area (Å²) in [5.74, 6) is -0.178. The lowest BCUT2D eigenvalue weighted by molar-refractivity contribution is -0.119. The van der Waals surface area contributed by atoms with Crippen LogP contribution in [0.4, 0.5) is 5.13 Å². The van der Waals surface area contributed by atoms with Gasteiger partial charge in [-0.15, -0.1) is 11.3 Å². The Balaban J connectivity index is 2.49. The largest absolute Gasteiger partial charge is 0.375 e. The molecule has 0 atom stereocenters. The molecule has 0 aliphatic rings. The number of carbonyl (C=O) groups is 1. The van der Waals surface area contributed by atoms with E-state index >= 15 is 0 Å². The average molecular weight is 229 g/mol. The summed E-state index contributed by atoms with van der Waals surface area (Å²) >= 11 is 1.42. The van der Waals surface area contributed by atoms with E-state index in [9.17, 15) is 4.79 Å². The van der Waals surface area contributed by atoms with Crippen molar-refractivity contribution in [3.05, 3.63) is 11.1 Å². The molecule has 1 aromatic rings. The highest BCUT2D eigenvalue weighted by atomic mass is 32.1. The SMILES string of the molecule is COCC(=O)Nc1nc(CN(C)C)cs1. The second-order valence-corrected chi connectivity index (χ2v) is 4.22. The first-order chi connectivity index (χ1) is 7.11. The van der Waals surface area contributed by atoms with E-state index in [1.807, 2.05) is 24.4 Å².